The summed E-state index contributed by atoms with van der Waals surface area (Å²) < 4.78 is 1.82. The number of nitrogens with one attached hydrogen (secondary N) is 1. The summed E-state index contributed by atoms with van der Waals surface area (Å²) in [5.74, 6) is 0.496. The van der Waals surface area contributed by atoms with Gasteiger partial charge in [-0.05, 0) is 64.8 Å². The molecule has 0 saturated carbocycles. The van der Waals surface area contributed by atoms with Crippen LogP contribution in [0.25, 0.3) is 5.69 Å². The van der Waals surface area contributed by atoms with E-state index in [4.69, 9.17) is 0 Å². The maximum Gasteiger partial charge on any atom is 0.323 e. The van der Waals surface area contributed by atoms with Crippen molar-refractivity contribution in [1.29, 1.82) is 0 Å². The van der Waals surface area contributed by atoms with Gasteiger partial charge in [-0.2, -0.15) is 0 Å². The number of rotatable bonds is 5. The molecule has 6 nitrogen and oxygen atoms in total. The van der Waals surface area contributed by atoms with Crippen molar-refractivity contribution >= 4 is 11.8 Å². The molecule has 1 aromatic carbocycles. The number of amides is 2. The Kier molecular flexibility index (Phi) is 5.52. The summed E-state index contributed by atoms with van der Waals surface area (Å²) in [6.45, 7) is 12.1. The summed E-state index contributed by atoms with van der Waals surface area (Å²) in [4.78, 5) is 14.0. The van der Waals surface area contributed by atoms with Crippen LogP contribution in [0.15, 0.2) is 24.3 Å². The summed E-state index contributed by atoms with van der Waals surface area (Å²) in [6, 6.07) is 7.81. The molecule has 2 amide bonds. The predicted octanol–water partition coefficient (Wildman–Crippen LogP) is 3.42. The van der Waals surface area contributed by atoms with Gasteiger partial charge < -0.3 is 10.0 Å². The van der Waals surface area contributed by atoms with Crippen molar-refractivity contribution in [2.75, 3.05) is 18.4 Å². The molecule has 0 aliphatic heterocycles. The lowest BCUT2D eigenvalue weighted by Gasteiger charge is -2.27. The van der Waals surface area contributed by atoms with Crippen molar-refractivity contribution in [1.82, 2.24) is 14.7 Å². The summed E-state index contributed by atoms with van der Waals surface area (Å²) in [6.07, 6.45) is 0. The van der Waals surface area contributed by atoms with Crippen molar-refractivity contribution < 1.29 is 9.90 Å². The smallest absolute Gasteiger partial charge is 0.323 e. The Morgan fingerprint density at radius 3 is 2.32 bits per heavy atom. The number of hydrogen-bond acceptors (Lipinski definition) is 3. The zero-order chi connectivity index (χ0) is 18.8. The highest BCUT2D eigenvalue weighted by Crippen LogP contribution is 2.18. The van der Waals surface area contributed by atoms with Crippen LogP contribution in [0.1, 0.15) is 37.6 Å². The van der Waals surface area contributed by atoms with Gasteiger partial charge in [-0.25, -0.2) is 9.48 Å². The Bertz CT molecular complexity index is 739. The Labute approximate surface area is 149 Å². The van der Waals surface area contributed by atoms with Crippen molar-refractivity contribution in [2.45, 2.75) is 47.1 Å². The SMILES string of the molecule is CCN(CC(C)(C)O)C(=O)Nc1cc(C)n(-c2cc(C)cc(C)c2)n1. The third-order valence-electron chi connectivity index (χ3n) is 3.82. The molecule has 2 aromatic rings. The van der Waals surface area contributed by atoms with Gasteiger partial charge in [-0.1, -0.05) is 6.07 Å². The van der Waals surface area contributed by atoms with Gasteiger partial charge in [-0.15, -0.1) is 5.10 Å². The highest BCUT2D eigenvalue weighted by Gasteiger charge is 2.22. The molecular formula is C19H28N4O2. The van der Waals surface area contributed by atoms with Crippen LogP contribution in [0, 0.1) is 20.8 Å². The normalized spacial score (nSPS) is 11.5. The average molecular weight is 344 g/mol. The van der Waals surface area contributed by atoms with Gasteiger partial charge in [-0.3, -0.25) is 5.32 Å². The number of benzene rings is 1. The van der Waals surface area contributed by atoms with E-state index in [2.05, 4.69) is 28.6 Å². The quantitative estimate of drug-likeness (QED) is 0.873. The predicted molar refractivity (Wildman–Crippen MR) is 100 cm³/mol. The van der Waals surface area contributed by atoms with E-state index in [0.717, 1.165) is 22.5 Å². The first-order valence-electron chi connectivity index (χ1n) is 8.52. The molecule has 0 spiro atoms. The van der Waals surface area contributed by atoms with Crippen LogP contribution in [0.4, 0.5) is 10.6 Å². The highest BCUT2D eigenvalue weighted by atomic mass is 16.3. The molecule has 0 aliphatic carbocycles. The fourth-order valence-electron chi connectivity index (χ4n) is 2.85. The summed E-state index contributed by atoms with van der Waals surface area (Å²) in [7, 11) is 0. The lowest BCUT2D eigenvalue weighted by atomic mass is 10.1. The topological polar surface area (TPSA) is 70.4 Å². The second kappa shape index (κ2) is 7.27. The molecule has 6 heteroatoms. The summed E-state index contributed by atoms with van der Waals surface area (Å²) in [5, 5.41) is 17.3. The Hall–Kier alpha value is -2.34. The second-order valence-corrected chi connectivity index (χ2v) is 7.19. The van der Waals surface area contributed by atoms with Crippen LogP contribution in [-0.2, 0) is 0 Å². The van der Waals surface area contributed by atoms with E-state index in [0.29, 0.717) is 12.4 Å². The molecule has 0 atom stereocenters. The molecule has 25 heavy (non-hydrogen) atoms. The van der Waals surface area contributed by atoms with Gasteiger partial charge in [0, 0.05) is 18.3 Å². The second-order valence-electron chi connectivity index (χ2n) is 7.19. The summed E-state index contributed by atoms with van der Waals surface area (Å²) >= 11 is 0. The zero-order valence-corrected chi connectivity index (χ0v) is 15.9. The lowest BCUT2D eigenvalue weighted by molar-refractivity contribution is 0.0501. The van der Waals surface area contributed by atoms with Crippen LogP contribution in [0.2, 0.25) is 0 Å². The number of urea groups is 1. The third-order valence-corrected chi connectivity index (χ3v) is 3.82. The number of anilines is 1. The molecule has 2 N–H and O–H groups in total. The lowest BCUT2D eigenvalue weighted by Crippen LogP contribution is -2.44. The highest BCUT2D eigenvalue weighted by molar-refractivity contribution is 5.88. The minimum Gasteiger partial charge on any atom is -0.389 e. The van der Waals surface area contributed by atoms with Gasteiger partial charge in [0.25, 0.3) is 0 Å². The number of aryl methyl sites for hydroxylation is 3. The molecular weight excluding hydrogens is 316 g/mol. The number of carbonyl (C=O) groups is 1. The molecule has 0 radical (unpaired) electrons. The first kappa shape index (κ1) is 19.0. The molecule has 0 saturated heterocycles. The van der Waals surface area contributed by atoms with Crippen LogP contribution < -0.4 is 5.32 Å². The van der Waals surface area contributed by atoms with Crippen molar-refractivity contribution in [3.63, 3.8) is 0 Å². The largest absolute Gasteiger partial charge is 0.389 e. The number of aromatic nitrogens is 2. The number of nitrogens with zero attached hydrogens (tertiary/aromatic N) is 3. The molecule has 0 unspecified atom stereocenters. The minimum absolute atomic E-state index is 0.256. The van der Waals surface area contributed by atoms with E-state index >= 15 is 0 Å². The molecule has 2 rings (SSSR count). The standard InChI is InChI=1S/C19H28N4O2/c1-7-22(12-19(5,6)25)18(24)20-17-11-15(4)23(21-17)16-9-13(2)8-14(3)10-16/h8-11,25H,7,12H2,1-6H3,(H,20,21,24). The van der Waals surface area contributed by atoms with Gasteiger partial charge >= 0.3 is 6.03 Å². The van der Waals surface area contributed by atoms with Crippen LogP contribution in [0.5, 0.6) is 0 Å². The van der Waals surface area contributed by atoms with Crippen molar-refractivity contribution in [3.8, 4) is 5.69 Å². The maximum absolute atomic E-state index is 12.4. The first-order chi connectivity index (χ1) is 11.6. The van der Waals surface area contributed by atoms with Crippen LogP contribution in [0.3, 0.4) is 0 Å². The van der Waals surface area contributed by atoms with E-state index in [9.17, 15) is 9.90 Å². The van der Waals surface area contributed by atoms with Gasteiger partial charge in [0.05, 0.1) is 17.8 Å². The molecule has 1 heterocycles. The zero-order valence-electron chi connectivity index (χ0n) is 15.9. The van der Waals surface area contributed by atoms with E-state index in [1.165, 1.54) is 0 Å². The van der Waals surface area contributed by atoms with Gasteiger partial charge in [0.15, 0.2) is 5.82 Å². The Balaban J connectivity index is 2.20. The molecule has 0 bridgehead atoms. The third kappa shape index (κ3) is 5.06. The number of aliphatic hydroxyl groups is 1. The maximum atomic E-state index is 12.4. The number of carbonyl (C=O) groups excluding carboxylic acids is 1. The van der Waals surface area contributed by atoms with Gasteiger partial charge in [0.2, 0.25) is 0 Å². The monoisotopic (exact) mass is 344 g/mol. The van der Waals surface area contributed by atoms with E-state index in [1.54, 1.807) is 18.7 Å². The molecule has 0 fully saturated rings. The summed E-state index contributed by atoms with van der Waals surface area (Å²) in [5.41, 5.74) is 3.29. The van der Waals surface area contributed by atoms with Crippen LogP contribution in [-0.4, -0.2) is 44.5 Å². The molecule has 136 valence electrons. The molecule has 1 aromatic heterocycles. The van der Waals surface area contributed by atoms with Crippen molar-refractivity contribution in [2.24, 2.45) is 0 Å². The van der Waals surface area contributed by atoms with Crippen molar-refractivity contribution in [3.05, 3.63) is 41.1 Å². The van der Waals surface area contributed by atoms with Gasteiger partial charge in [0.1, 0.15) is 0 Å². The fraction of sp³-hybridized carbons (Fsp3) is 0.474. The average Bonchev–Trinajstić information content (AvgIpc) is 2.83. The Morgan fingerprint density at radius 2 is 1.80 bits per heavy atom. The number of hydrogen-bond donors (Lipinski definition) is 2. The Morgan fingerprint density at radius 1 is 1.20 bits per heavy atom. The number of likely N-dealkylation sites (N-methyl/N-ethyl adjacent to an activating group) is 1. The van der Waals surface area contributed by atoms with E-state index in [-0.39, 0.29) is 12.6 Å². The fourth-order valence-corrected chi connectivity index (χ4v) is 2.85. The molecule has 0 aliphatic rings. The van der Waals surface area contributed by atoms with Crippen LogP contribution >= 0.6 is 0 Å². The minimum atomic E-state index is -0.943. The van der Waals surface area contributed by atoms with E-state index in [1.807, 2.05) is 38.4 Å². The van der Waals surface area contributed by atoms with E-state index < -0.39 is 5.60 Å². The first-order valence-corrected chi connectivity index (χ1v) is 8.52.